The minimum atomic E-state index is -3.52. The molecule has 6 heterocycles. The minimum absolute atomic E-state index is 0. The van der Waals surface area contributed by atoms with E-state index in [0.717, 1.165) is 131 Å². The van der Waals surface area contributed by atoms with Crippen LogP contribution in [0.5, 0.6) is 28.7 Å². The number of phenols is 3. The summed E-state index contributed by atoms with van der Waals surface area (Å²) in [5, 5.41) is 34.6. The number of carbonyl (C=O) groups is 1. The van der Waals surface area contributed by atoms with Gasteiger partial charge in [0.2, 0.25) is 10.0 Å². The van der Waals surface area contributed by atoms with Crippen LogP contribution < -0.4 is 7.32 Å². The Morgan fingerprint density at radius 3 is 1.32 bits per heavy atom. The van der Waals surface area contributed by atoms with Gasteiger partial charge in [0.15, 0.2) is 5.78 Å². The van der Waals surface area contributed by atoms with Gasteiger partial charge in [0, 0.05) is 110 Å². The molecule has 0 saturated carbocycles. The molecule has 1 saturated heterocycles. The summed E-state index contributed by atoms with van der Waals surface area (Å²) in [4.78, 5) is 33.9. The Bertz CT molecular complexity index is 4330. The molecule has 1 aliphatic heterocycles. The molecule has 5 aromatic heterocycles. The van der Waals surface area contributed by atoms with Crippen LogP contribution in [0.3, 0.4) is 0 Å². The third-order valence-corrected chi connectivity index (χ3v) is 24.4. The van der Waals surface area contributed by atoms with E-state index in [-0.39, 0.29) is 61.1 Å². The average molecular weight is 1660 g/mol. The number of sulfonamides is 1. The maximum absolute atomic E-state index is 12.7. The molecule has 0 amide bonds. The molecule has 0 aliphatic carbocycles. The first-order valence-electron chi connectivity index (χ1n) is 39.8. The van der Waals surface area contributed by atoms with Crippen LogP contribution in [-0.2, 0) is 49.0 Å². The van der Waals surface area contributed by atoms with Crippen LogP contribution in [0.15, 0.2) is 157 Å². The molecular weight excluding hydrogens is 1540 g/mol. The van der Waals surface area contributed by atoms with Crippen molar-refractivity contribution in [2.75, 3.05) is 13.1 Å². The van der Waals surface area contributed by atoms with E-state index in [1.807, 2.05) is 42.7 Å². The van der Waals surface area contributed by atoms with Crippen molar-refractivity contribution in [3.63, 3.8) is 0 Å². The Kier molecular flexibility index (Phi) is 42.5. The van der Waals surface area contributed by atoms with Crippen molar-refractivity contribution in [3.8, 4) is 28.7 Å². The van der Waals surface area contributed by atoms with Gasteiger partial charge in [-0.15, -0.1) is 0 Å². The van der Waals surface area contributed by atoms with Crippen molar-refractivity contribution < 1.29 is 74.8 Å². The van der Waals surface area contributed by atoms with Crippen molar-refractivity contribution >= 4 is 106 Å². The monoisotopic (exact) mass is 1660 g/mol. The fraction of sp³-hybridized carbons (Fsp3) is 0.483. The summed E-state index contributed by atoms with van der Waals surface area (Å²) in [5.41, 5.74) is 7.88. The van der Waals surface area contributed by atoms with E-state index in [9.17, 15) is 28.5 Å². The second kappa shape index (κ2) is 49.5. The van der Waals surface area contributed by atoms with Gasteiger partial charge in [0.1, 0.15) is 45.1 Å². The molecule has 6 unspecified atom stereocenters. The van der Waals surface area contributed by atoms with Crippen LogP contribution >= 0.6 is 0 Å². The molecule has 14 nitrogen and oxygen atoms in total. The molecule has 2 radical (unpaired) electrons. The average Bonchev–Trinajstić information content (AvgIpc) is 0.767. The van der Waals surface area contributed by atoms with Crippen LogP contribution in [0.1, 0.15) is 275 Å². The van der Waals surface area contributed by atoms with Crippen LogP contribution in [0.4, 0.5) is 0 Å². The number of carbonyl (C=O) groups excluding carboxylic acids is 1. The molecule has 108 heavy (non-hydrogen) atoms. The maximum Gasteiger partial charge on any atom is 0.243 e. The van der Waals surface area contributed by atoms with E-state index in [2.05, 4.69) is 143 Å². The smallest absolute Gasteiger partial charge is 0.243 e. The number of nitrogens with zero attached hydrogens (tertiary/aromatic N) is 6. The predicted octanol–water partition coefficient (Wildman–Crippen LogP) is 22.9. The number of piperidine rings is 1. The summed E-state index contributed by atoms with van der Waals surface area (Å²) in [6.07, 6.45) is 38.5. The molecule has 3 N–H and O–H groups in total. The van der Waals surface area contributed by atoms with Gasteiger partial charge in [-0.2, -0.15) is 4.31 Å². The number of ketones is 1. The normalized spacial score (nSPS) is 13.8. The number of rotatable bonds is 33. The predicted molar refractivity (Wildman–Crippen MR) is 443 cm³/mol. The first-order valence-corrected chi connectivity index (χ1v) is 43.0. The number of phenolic OH excluding ortho intramolecular Hbond substituents is 3. The third-order valence-electron chi connectivity index (χ3n) is 21.5. The SMILES string of the molecule is CCCCC(CC)CCC(C)c1ccc2cccnc2c1O.CCCCC(CC)CCC(C)c1ccc2cccnc2c1[O][AlH].CCCCC(CC)CCC(C)c1ccc2cccnc2c1[O][GaH].CCCCCC(=O)c1ccc(O)c2ncccc12.O=S(=O)(c1ccc(O)c2ncccc12)N1CCCCC1.[Zn].[Zn]. The number of hydrogen-bond donors (Lipinski definition) is 3. The van der Waals surface area contributed by atoms with Crippen molar-refractivity contribution in [3.05, 3.63) is 175 Å². The van der Waals surface area contributed by atoms with E-state index in [1.165, 1.54) is 142 Å². The maximum atomic E-state index is 12.7. The molecule has 0 spiro atoms. The Hall–Kier alpha value is -5.85. The Balaban J connectivity index is 0.000000241. The standard InChI is InChI=1S/3C20H29NO.C15H17NO2.C14H16N2O3S.Al.Ga.2Zn.2H/c3*1-4-6-8-16(5-2)11-10-15(3)18-13-12-17-9-7-14-21-19(17)20(18)22;1-2-3-4-7-13(17)11-8-9-14(18)15-12(11)6-5-10-16-15;17-12-6-7-13(11-5-4-8-15-14(11)12)20(18,19)16-9-2-1-3-10-16;;;;;;/h3*7,9,12-16,22H,4-6,8,10-11H2,1-3H3;5-6,8-10,18H,2-4,7H2,1H3;4-8,17H,1-3,9-10H2;;;;;;/q;;;;;2*+1;;;;/p-2. The summed E-state index contributed by atoms with van der Waals surface area (Å²) >= 11 is 2.36. The van der Waals surface area contributed by atoms with Crippen LogP contribution in [-0.4, -0.2) is 107 Å². The number of aromatic hydroxyl groups is 3. The van der Waals surface area contributed by atoms with Crippen molar-refractivity contribution in [2.45, 2.75) is 252 Å². The molecule has 11 rings (SSSR count). The quantitative estimate of drug-likeness (QED) is 0.0200. The van der Waals surface area contributed by atoms with Gasteiger partial charge in [-0.1, -0.05) is 162 Å². The Morgan fingerprint density at radius 1 is 0.463 bits per heavy atom. The molecule has 10 aromatic rings. The van der Waals surface area contributed by atoms with Gasteiger partial charge >= 0.3 is 168 Å². The second-order valence-corrected chi connectivity index (χ2v) is 31.8. The number of Topliss-reactive ketones (excluding diaryl/α,β-unsaturated/α-hetero) is 1. The van der Waals surface area contributed by atoms with Gasteiger partial charge in [-0.25, -0.2) is 8.42 Å². The van der Waals surface area contributed by atoms with Crippen LogP contribution in [0.2, 0.25) is 0 Å². The van der Waals surface area contributed by atoms with E-state index in [1.54, 1.807) is 65.5 Å². The fourth-order valence-corrected chi connectivity index (χ4v) is 17.3. The molecule has 0 bridgehead atoms. The van der Waals surface area contributed by atoms with Crippen molar-refractivity contribution in [1.82, 2.24) is 29.2 Å². The summed E-state index contributed by atoms with van der Waals surface area (Å²) in [7, 11) is -3.52. The number of hydrogen-bond acceptors (Lipinski definition) is 13. The van der Waals surface area contributed by atoms with Gasteiger partial charge in [-0.3, -0.25) is 24.7 Å². The number of fused-ring (bicyclic) bond motifs is 5. The molecule has 6 atom stereocenters. The first-order chi connectivity index (χ1) is 51.4. The Labute approximate surface area is 690 Å². The first kappa shape index (κ1) is 92.7. The number of pyridine rings is 5. The Morgan fingerprint density at radius 2 is 0.861 bits per heavy atom. The summed E-state index contributed by atoms with van der Waals surface area (Å²) in [5.74, 6) is 6.57. The molecule has 1 fully saturated rings. The van der Waals surface area contributed by atoms with Gasteiger partial charge in [0.25, 0.3) is 0 Å². The number of benzene rings is 5. The van der Waals surface area contributed by atoms with Gasteiger partial charge in [-0.05, 0) is 134 Å². The largest absolute Gasteiger partial charge is 0.506 e. The second-order valence-electron chi connectivity index (χ2n) is 29.0. The molecule has 19 heteroatoms. The van der Waals surface area contributed by atoms with E-state index >= 15 is 0 Å². The van der Waals surface area contributed by atoms with Gasteiger partial charge < -0.3 is 19.1 Å². The third kappa shape index (κ3) is 26.7. The van der Waals surface area contributed by atoms with E-state index in [0.29, 0.717) is 65.0 Å². The van der Waals surface area contributed by atoms with Crippen molar-refractivity contribution in [1.29, 1.82) is 0 Å². The zero-order valence-electron chi connectivity index (χ0n) is 66.8. The van der Waals surface area contributed by atoms with Gasteiger partial charge in [0.05, 0.1) is 4.90 Å². The van der Waals surface area contributed by atoms with E-state index in [4.69, 9.17) is 7.32 Å². The van der Waals surface area contributed by atoms with E-state index < -0.39 is 10.0 Å². The molecular formula is C89H120AlGaN6O8SZn2. The summed E-state index contributed by atoms with van der Waals surface area (Å²) in [6, 6.07) is 38.1. The van der Waals surface area contributed by atoms with Crippen LogP contribution in [0, 0.1) is 17.8 Å². The fourth-order valence-electron chi connectivity index (χ4n) is 14.6. The zero-order valence-corrected chi connectivity index (χ0v) is 77.9. The van der Waals surface area contributed by atoms with Crippen molar-refractivity contribution in [2.24, 2.45) is 17.8 Å². The minimum Gasteiger partial charge on any atom is -0.506 e. The zero-order chi connectivity index (χ0) is 76.4. The molecule has 570 valence electrons. The van der Waals surface area contributed by atoms with Crippen LogP contribution in [0.25, 0.3) is 54.5 Å². The molecule has 5 aromatic carbocycles. The number of aromatic nitrogens is 5. The summed E-state index contributed by atoms with van der Waals surface area (Å²) < 4.78 is 38.6. The topological polar surface area (TPSA) is 198 Å². The summed E-state index contributed by atoms with van der Waals surface area (Å²) in [6.45, 7) is 23.9. The number of unbranched alkanes of at least 4 members (excludes halogenated alkanes) is 5. The molecule has 1 aliphatic rings.